The van der Waals surface area contributed by atoms with E-state index in [4.69, 9.17) is 9.47 Å². The average molecular weight is 483 g/mol. The standard InChI is InChI=1S/C26H30N2O5S/c1-18(2)20-8-5-19(6-9-20)7-16-26(29)27-21-10-13-23(14-11-21)34(30,31)28-24-17-22(32-3)12-15-25(24)33-4/h5-6,8-15,17-18,28H,7,16H2,1-4H3,(H,27,29). The molecule has 7 nitrogen and oxygen atoms in total. The zero-order chi connectivity index (χ0) is 24.7. The number of hydrogen-bond acceptors (Lipinski definition) is 5. The summed E-state index contributed by atoms with van der Waals surface area (Å²) in [4.78, 5) is 12.4. The van der Waals surface area contributed by atoms with Crippen molar-refractivity contribution in [3.8, 4) is 11.5 Å². The van der Waals surface area contributed by atoms with Crippen LogP contribution in [0.15, 0.2) is 71.6 Å². The molecule has 0 aliphatic rings. The largest absolute Gasteiger partial charge is 0.497 e. The lowest BCUT2D eigenvalue weighted by Gasteiger charge is -2.13. The van der Waals surface area contributed by atoms with Gasteiger partial charge in [-0.1, -0.05) is 38.1 Å². The summed E-state index contributed by atoms with van der Waals surface area (Å²) >= 11 is 0. The highest BCUT2D eigenvalue weighted by Gasteiger charge is 2.17. The molecule has 0 atom stereocenters. The van der Waals surface area contributed by atoms with Gasteiger partial charge in [-0.05, 0) is 59.9 Å². The number of ether oxygens (including phenoxy) is 2. The highest BCUT2D eigenvalue weighted by molar-refractivity contribution is 7.92. The van der Waals surface area contributed by atoms with Crippen molar-refractivity contribution in [2.45, 2.75) is 37.5 Å². The number of methoxy groups -OCH3 is 2. The first-order chi connectivity index (χ1) is 16.2. The molecule has 0 saturated heterocycles. The maximum absolute atomic E-state index is 12.8. The van der Waals surface area contributed by atoms with Gasteiger partial charge in [0.05, 0.1) is 24.8 Å². The van der Waals surface area contributed by atoms with Crippen LogP contribution in [0.2, 0.25) is 0 Å². The van der Waals surface area contributed by atoms with Crippen molar-refractivity contribution in [2.75, 3.05) is 24.3 Å². The highest BCUT2D eigenvalue weighted by Crippen LogP contribution is 2.31. The number of rotatable bonds is 10. The SMILES string of the molecule is COc1ccc(OC)c(NS(=O)(=O)c2ccc(NC(=O)CCc3ccc(C(C)C)cc3)cc2)c1. The minimum atomic E-state index is -3.87. The number of hydrogen-bond donors (Lipinski definition) is 2. The number of benzene rings is 3. The molecule has 3 aromatic rings. The van der Waals surface area contributed by atoms with Crippen molar-refractivity contribution in [3.63, 3.8) is 0 Å². The Morgan fingerprint density at radius 1 is 0.912 bits per heavy atom. The molecular formula is C26H30N2O5S. The second kappa shape index (κ2) is 11.1. The van der Waals surface area contributed by atoms with Gasteiger partial charge in [-0.3, -0.25) is 9.52 Å². The number of aryl methyl sites for hydroxylation is 1. The van der Waals surface area contributed by atoms with Crippen LogP contribution in [0.1, 0.15) is 37.3 Å². The van der Waals surface area contributed by atoms with Gasteiger partial charge in [0.15, 0.2) is 0 Å². The summed E-state index contributed by atoms with van der Waals surface area (Å²) < 4.78 is 38.6. The van der Waals surface area contributed by atoms with Crippen LogP contribution in [0.3, 0.4) is 0 Å². The molecular weight excluding hydrogens is 452 g/mol. The predicted molar refractivity (Wildman–Crippen MR) is 134 cm³/mol. The summed E-state index contributed by atoms with van der Waals surface area (Å²) in [5.41, 5.74) is 3.15. The molecule has 2 N–H and O–H groups in total. The lowest BCUT2D eigenvalue weighted by Crippen LogP contribution is -2.15. The Bertz CT molecular complexity index is 1220. The molecule has 1 amide bonds. The van der Waals surface area contributed by atoms with E-state index in [1.807, 2.05) is 12.1 Å². The summed E-state index contributed by atoms with van der Waals surface area (Å²) in [5.74, 6) is 1.19. The van der Waals surface area contributed by atoms with Crippen molar-refractivity contribution in [2.24, 2.45) is 0 Å². The molecule has 0 aliphatic heterocycles. The van der Waals surface area contributed by atoms with Gasteiger partial charge >= 0.3 is 0 Å². The summed E-state index contributed by atoms with van der Waals surface area (Å²) in [6, 6.07) is 19.1. The van der Waals surface area contributed by atoms with Crippen molar-refractivity contribution in [1.82, 2.24) is 0 Å². The van der Waals surface area contributed by atoms with Crippen molar-refractivity contribution < 1.29 is 22.7 Å². The van der Waals surface area contributed by atoms with Crippen molar-refractivity contribution in [1.29, 1.82) is 0 Å². The first kappa shape index (κ1) is 25.1. The molecule has 34 heavy (non-hydrogen) atoms. The van der Waals surface area contributed by atoms with E-state index in [1.54, 1.807) is 30.3 Å². The Morgan fingerprint density at radius 2 is 1.59 bits per heavy atom. The number of amides is 1. The van der Waals surface area contributed by atoms with Crippen LogP contribution in [0.25, 0.3) is 0 Å². The van der Waals surface area contributed by atoms with Gasteiger partial charge in [0.25, 0.3) is 10.0 Å². The van der Waals surface area contributed by atoms with Crippen LogP contribution in [-0.4, -0.2) is 28.5 Å². The minimum absolute atomic E-state index is 0.0561. The molecule has 0 unspecified atom stereocenters. The van der Waals surface area contributed by atoms with Crippen LogP contribution in [0, 0.1) is 0 Å². The molecule has 0 spiro atoms. The van der Waals surface area contributed by atoms with E-state index in [9.17, 15) is 13.2 Å². The Balaban J connectivity index is 1.61. The highest BCUT2D eigenvalue weighted by atomic mass is 32.2. The van der Waals surface area contributed by atoms with Crippen LogP contribution >= 0.6 is 0 Å². The second-order valence-electron chi connectivity index (χ2n) is 8.14. The van der Waals surface area contributed by atoms with Gasteiger partial charge < -0.3 is 14.8 Å². The molecule has 0 bridgehead atoms. The molecule has 0 aromatic heterocycles. The fourth-order valence-electron chi connectivity index (χ4n) is 3.37. The number of anilines is 2. The van der Waals surface area contributed by atoms with E-state index in [-0.39, 0.29) is 16.5 Å². The first-order valence-corrected chi connectivity index (χ1v) is 12.4. The maximum Gasteiger partial charge on any atom is 0.262 e. The predicted octanol–water partition coefficient (Wildman–Crippen LogP) is 5.20. The molecule has 0 fully saturated rings. The van der Waals surface area contributed by atoms with Gasteiger partial charge in [-0.15, -0.1) is 0 Å². The van der Waals surface area contributed by atoms with Gasteiger partial charge in [-0.2, -0.15) is 0 Å². The second-order valence-corrected chi connectivity index (χ2v) is 9.82. The van der Waals surface area contributed by atoms with E-state index in [0.29, 0.717) is 35.9 Å². The monoisotopic (exact) mass is 482 g/mol. The number of sulfonamides is 1. The Hall–Kier alpha value is -3.52. The molecule has 3 rings (SSSR count). The normalized spacial score (nSPS) is 11.2. The zero-order valence-corrected chi connectivity index (χ0v) is 20.6. The summed E-state index contributed by atoms with van der Waals surface area (Å²) in [6.45, 7) is 4.29. The van der Waals surface area contributed by atoms with E-state index in [0.717, 1.165) is 5.56 Å². The fraction of sp³-hybridized carbons (Fsp3) is 0.269. The number of carbonyl (C=O) groups excluding carboxylic acids is 1. The molecule has 180 valence electrons. The topological polar surface area (TPSA) is 93.7 Å². The van der Waals surface area contributed by atoms with Crippen LogP contribution < -0.4 is 19.5 Å². The molecule has 0 heterocycles. The number of carbonyl (C=O) groups is 1. The fourth-order valence-corrected chi connectivity index (χ4v) is 4.43. The Labute approximate surface area is 201 Å². The van der Waals surface area contributed by atoms with Gasteiger partial charge in [-0.25, -0.2) is 8.42 Å². The van der Waals surface area contributed by atoms with E-state index in [2.05, 4.69) is 36.0 Å². The Morgan fingerprint density at radius 3 is 2.18 bits per heavy atom. The van der Waals surface area contributed by atoms with Crippen molar-refractivity contribution >= 4 is 27.3 Å². The third-order valence-electron chi connectivity index (χ3n) is 5.39. The first-order valence-electron chi connectivity index (χ1n) is 11.0. The van der Waals surface area contributed by atoms with E-state index >= 15 is 0 Å². The van der Waals surface area contributed by atoms with Gasteiger partial charge in [0.1, 0.15) is 11.5 Å². The minimum Gasteiger partial charge on any atom is -0.497 e. The lowest BCUT2D eigenvalue weighted by molar-refractivity contribution is -0.116. The third-order valence-corrected chi connectivity index (χ3v) is 6.77. The molecule has 0 aliphatic carbocycles. The van der Waals surface area contributed by atoms with Gasteiger partial charge in [0.2, 0.25) is 5.91 Å². The maximum atomic E-state index is 12.8. The summed E-state index contributed by atoms with van der Waals surface area (Å²) in [5, 5.41) is 2.81. The summed E-state index contributed by atoms with van der Waals surface area (Å²) in [6.07, 6.45) is 0.960. The molecule has 0 saturated carbocycles. The van der Waals surface area contributed by atoms with Crippen molar-refractivity contribution in [3.05, 3.63) is 77.9 Å². The Kier molecular flexibility index (Phi) is 8.17. The van der Waals surface area contributed by atoms with E-state index in [1.165, 1.54) is 31.9 Å². The number of nitrogens with one attached hydrogen (secondary N) is 2. The van der Waals surface area contributed by atoms with E-state index < -0.39 is 10.0 Å². The smallest absolute Gasteiger partial charge is 0.262 e. The summed E-state index contributed by atoms with van der Waals surface area (Å²) in [7, 11) is -0.919. The average Bonchev–Trinajstić information content (AvgIpc) is 2.83. The molecule has 3 aromatic carbocycles. The van der Waals surface area contributed by atoms with Crippen LogP contribution in [0.5, 0.6) is 11.5 Å². The lowest BCUT2D eigenvalue weighted by atomic mass is 10.0. The van der Waals surface area contributed by atoms with Crippen LogP contribution in [0.4, 0.5) is 11.4 Å². The zero-order valence-electron chi connectivity index (χ0n) is 19.8. The van der Waals surface area contributed by atoms with Gasteiger partial charge in [0, 0.05) is 18.2 Å². The third kappa shape index (κ3) is 6.51. The molecule has 0 radical (unpaired) electrons. The quantitative estimate of drug-likeness (QED) is 0.414. The molecule has 8 heteroatoms. The van der Waals surface area contributed by atoms with Crippen LogP contribution in [-0.2, 0) is 21.2 Å².